The quantitative estimate of drug-likeness (QED) is 0.327. The Morgan fingerprint density at radius 2 is 1.53 bits per heavy atom. The molecule has 32 heavy (non-hydrogen) atoms. The fraction of sp³-hybridized carbons (Fsp3) is 0.0385. The minimum Gasteiger partial charge on any atom is -0.489 e. The predicted molar refractivity (Wildman–Crippen MR) is 123 cm³/mol. The summed E-state index contributed by atoms with van der Waals surface area (Å²) < 4.78 is 5.88. The normalized spacial score (nSPS) is 10.9. The monoisotopic (exact) mass is 424 g/mol. The van der Waals surface area contributed by atoms with Gasteiger partial charge in [0.2, 0.25) is 0 Å². The average molecular weight is 424 g/mol. The van der Waals surface area contributed by atoms with Crippen molar-refractivity contribution in [1.82, 2.24) is 5.43 Å². The van der Waals surface area contributed by atoms with Crippen molar-refractivity contribution >= 4 is 28.9 Å². The van der Waals surface area contributed by atoms with Crippen LogP contribution in [0.1, 0.15) is 31.8 Å². The number of aromatic carboxylic acids is 1. The van der Waals surface area contributed by atoms with Crippen LogP contribution in [0.2, 0.25) is 0 Å². The maximum Gasteiger partial charge on any atom is 0.335 e. The van der Waals surface area contributed by atoms with Gasteiger partial charge in [0, 0.05) is 5.56 Å². The molecule has 2 N–H and O–H groups in total. The maximum atomic E-state index is 12.3. The fourth-order valence-corrected chi connectivity index (χ4v) is 3.12. The predicted octanol–water partition coefficient (Wildman–Crippen LogP) is 4.88. The molecule has 0 aromatic heterocycles. The number of benzene rings is 4. The molecule has 0 aliphatic carbocycles. The Kier molecular flexibility index (Phi) is 6.22. The summed E-state index contributed by atoms with van der Waals surface area (Å²) >= 11 is 0. The van der Waals surface area contributed by atoms with E-state index in [4.69, 9.17) is 9.84 Å². The lowest BCUT2D eigenvalue weighted by atomic mass is 10.1. The lowest BCUT2D eigenvalue weighted by Gasteiger charge is -2.08. The van der Waals surface area contributed by atoms with Crippen LogP contribution >= 0.6 is 0 Å². The molecule has 0 fully saturated rings. The first kappa shape index (κ1) is 20.8. The molecule has 0 atom stereocenters. The zero-order chi connectivity index (χ0) is 22.3. The van der Waals surface area contributed by atoms with E-state index in [1.807, 2.05) is 48.5 Å². The zero-order valence-electron chi connectivity index (χ0n) is 17.1. The van der Waals surface area contributed by atoms with E-state index in [9.17, 15) is 9.59 Å². The van der Waals surface area contributed by atoms with Crippen molar-refractivity contribution < 1.29 is 19.4 Å². The number of nitrogens with one attached hydrogen (secondary N) is 1. The summed E-state index contributed by atoms with van der Waals surface area (Å²) in [6.07, 6.45) is 1.45. The van der Waals surface area contributed by atoms with Crippen LogP contribution in [0.3, 0.4) is 0 Å². The van der Waals surface area contributed by atoms with Gasteiger partial charge in [-0.2, -0.15) is 5.10 Å². The Morgan fingerprint density at radius 1 is 0.844 bits per heavy atom. The Hall–Kier alpha value is -4.45. The number of hydrazone groups is 1. The molecule has 158 valence electrons. The highest BCUT2D eigenvalue weighted by Gasteiger charge is 2.05. The molecule has 4 aromatic carbocycles. The van der Waals surface area contributed by atoms with Gasteiger partial charge in [0.05, 0.1) is 11.8 Å². The van der Waals surface area contributed by atoms with Crippen LogP contribution in [0, 0.1) is 0 Å². The van der Waals surface area contributed by atoms with Crippen molar-refractivity contribution in [2.75, 3.05) is 0 Å². The average Bonchev–Trinajstić information content (AvgIpc) is 2.83. The molecule has 0 aliphatic heterocycles. The molecule has 1 amide bonds. The van der Waals surface area contributed by atoms with Crippen molar-refractivity contribution in [2.24, 2.45) is 5.10 Å². The molecule has 0 heterocycles. The lowest BCUT2D eigenvalue weighted by Crippen LogP contribution is -2.17. The van der Waals surface area contributed by atoms with Crippen LogP contribution in [0.4, 0.5) is 0 Å². The van der Waals surface area contributed by atoms with Crippen LogP contribution in [0.15, 0.2) is 96.1 Å². The van der Waals surface area contributed by atoms with Gasteiger partial charge < -0.3 is 9.84 Å². The first-order valence-electron chi connectivity index (χ1n) is 9.96. The third-order valence-corrected chi connectivity index (χ3v) is 4.88. The number of nitrogens with zero attached hydrogens (tertiary/aromatic N) is 1. The summed E-state index contributed by atoms with van der Waals surface area (Å²) in [6.45, 7) is 0.394. The van der Waals surface area contributed by atoms with Gasteiger partial charge >= 0.3 is 5.97 Å². The van der Waals surface area contributed by atoms with Gasteiger partial charge in [-0.25, -0.2) is 10.2 Å². The molecule has 4 rings (SSSR count). The molecule has 0 unspecified atom stereocenters. The Balaban J connectivity index is 1.31. The summed E-state index contributed by atoms with van der Waals surface area (Å²) in [6, 6.07) is 27.4. The molecule has 0 saturated carbocycles. The first-order valence-corrected chi connectivity index (χ1v) is 9.96. The third kappa shape index (κ3) is 5.17. The lowest BCUT2D eigenvalue weighted by molar-refractivity contribution is 0.0696. The maximum absolute atomic E-state index is 12.3. The smallest absolute Gasteiger partial charge is 0.335 e. The number of amides is 1. The van der Waals surface area contributed by atoms with E-state index < -0.39 is 5.97 Å². The van der Waals surface area contributed by atoms with E-state index in [-0.39, 0.29) is 11.5 Å². The summed E-state index contributed by atoms with van der Waals surface area (Å²) in [5.41, 5.74) is 4.74. The number of rotatable bonds is 7. The molecule has 6 heteroatoms. The van der Waals surface area contributed by atoms with Crippen LogP contribution < -0.4 is 10.2 Å². The van der Waals surface area contributed by atoms with E-state index in [2.05, 4.69) is 16.6 Å². The van der Waals surface area contributed by atoms with Gasteiger partial charge in [0.15, 0.2) is 0 Å². The van der Waals surface area contributed by atoms with E-state index in [1.54, 1.807) is 24.3 Å². The van der Waals surface area contributed by atoms with E-state index in [0.717, 1.165) is 22.1 Å². The van der Waals surface area contributed by atoms with Crippen LogP contribution in [-0.2, 0) is 6.61 Å². The molecular weight excluding hydrogens is 404 g/mol. The minimum atomic E-state index is -0.993. The van der Waals surface area contributed by atoms with Crippen LogP contribution in [0.5, 0.6) is 5.75 Å². The third-order valence-electron chi connectivity index (χ3n) is 4.88. The topological polar surface area (TPSA) is 88.0 Å². The molecule has 6 nitrogen and oxygen atoms in total. The van der Waals surface area contributed by atoms with Crippen molar-refractivity contribution in [3.05, 3.63) is 113 Å². The van der Waals surface area contributed by atoms with Gasteiger partial charge in [-0.1, -0.05) is 54.6 Å². The van der Waals surface area contributed by atoms with Crippen molar-refractivity contribution in [2.45, 2.75) is 6.61 Å². The molecule has 0 bridgehead atoms. The van der Waals surface area contributed by atoms with Gasteiger partial charge in [0.25, 0.3) is 5.91 Å². The Bertz CT molecular complexity index is 1280. The second-order valence-electron chi connectivity index (χ2n) is 7.12. The number of carboxylic acid groups (broad SMARTS) is 1. The number of carbonyl (C=O) groups excluding carboxylic acids is 1. The highest BCUT2D eigenvalue weighted by Crippen LogP contribution is 2.21. The molecule has 0 aliphatic rings. The van der Waals surface area contributed by atoms with E-state index >= 15 is 0 Å². The second kappa shape index (κ2) is 9.57. The summed E-state index contributed by atoms with van der Waals surface area (Å²) in [5.74, 6) is -0.547. The van der Waals surface area contributed by atoms with E-state index in [0.29, 0.717) is 17.7 Å². The van der Waals surface area contributed by atoms with Crippen molar-refractivity contribution in [3.8, 4) is 5.75 Å². The number of fused-ring (bicyclic) bond motifs is 1. The molecular formula is C26H20N2O4. The van der Waals surface area contributed by atoms with Gasteiger partial charge in [0.1, 0.15) is 12.4 Å². The van der Waals surface area contributed by atoms with Crippen LogP contribution in [0.25, 0.3) is 10.8 Å². The summed E-state index contributed by atoms with van der Waals surface area (Å²) in [5, 5.41) is 15.1. The molecule has 4 aromatic rings. The first-order chi connectivity index (χ1) is 15.6. The van der Waals surface area contributed by atoms with Gasteiger partial charge in [-0.3, -0.25) is 4.79 Å². The molecule has 0 spiro atoms. The summed E-state index contributed by atoms with van der Waals surface area (Å²) in [7, 11) is 0. The van der Waals surface area contributed by atoms with Crippen LogP contribution in [-0.4, -0.2) is 23.2 Å². The SMILES string of the molecule is O=C(O)c1ccc(/C=N\NC(=O)c2ccc(COc3ccc4ccccc4c3)cc2)cc1. The highest BCUT2D eigenvalue weighted by molar-refractivity contribution is 5.95. The number of hydrogen-bond donors (Lipinski definition) is 2. The number of hydrogen-bond acceptors (Lipinski definition) is 4. The fourth-order valence-electron chi connectivity index (χ4n) is 3.12. The summed E-state index contributed by atoms with van der Waals surface area (Å²) in [4.78, 5) is 23.1. The van der Waals surface area contributed by atoms with Gasteiger partial charge in [-0.15, -0.1) is 0 Å². The molecule has 0 saturated heterocycles. The number of carboxylic acids is 1. The van der Waals surface area contributed by atoms with Gasteiger partial charge in [-0.05, 0) is 58.3 Å². The number of carbonyl (C=O) groups is 2. The van der Waals surface area contributed by atoms with E-state index in [1.165, 1.54) is 18.3 Å². The standard InChI is InChI=1S/C26H20N2O4/c29-25(28-27-16-18-5-11-22(12-6-18)26(30)31)21-9-7-19(8-10-21)17-32-24-14-13-20-3-1-2-4-23(20)15-24/h1-16H,17H2,(H,28,29)(H,30,31)/b27-16-. The highest BCUT2D eigenvalue weighted by atomic mass is 16.5. The largest absolute Gasteiger partial charge is 0.489 e. The zero-order valence-corrected chi connectivity index (χ0v) is 17.1. The second-order valence-corrected chi connectivity index (χ2v) is 7.12. The minimum absolute atomic E-state index is 0.191. The Labute approximate surface area is 184 Å². The number of ether oxygens (including phenoxy) is 1. The Morgan fingerprint density at radius 3 is 2.25 bits per heavy atom. The molecule has 0 radical (unpaired) electrons. The van der Waals surface area contributed by atoms with Crippen molar-refractivity contribution in [3.63, 3.8) is 0 Å². The van der Waals surface area contributed by atoms with Crippen molar-refractivity contribution in [1.29, 1.82) is 0 Å².